The Hall–Kier alpha value is -1.29. The van der Waals surface area contributed by atoms with Crippen LogP contribution in [-0.4, -0.2) is 32.2 Å². The van der Waals surface area contributed by atoms with Crippen molar-refractivity contribution < 1.29 is 0 Å². The molecule has 0 unspecified atom stereocenters. The van der Waals surface area contributed by atoms with E-state index in [-0.39, 0.29) is 0 Å². The van der Waals surface area contributed by atoms with E-state index < -0.39 is 8.24 Å². The molecule has 0 spiro atoms. The summed E-state index contributed by atoms with van der Waals surface area (Å²) in [6, 6.07) is 10.4. The zero-order chi connectivity index (χ0) is 13.7. The Kier molecular flexibility index (Phi) is 4.64. The summed E-state index contributed by atoms with van der Waals surface area (Å²) < 4.78 is 5.00. The van der Waals surface area contributed by atoms with Crippen molar-refractivity contribution in [2.45, 2.75) is 38.9 Å². The molecule has 1 N–H and O–H groups in total. The Bertz CT molecular complexity index is 417. The molecule has 19 heavy (non-hydrogen) atoms. The highest BCUT2D eigenvalue weighted by atomic mass is 28.3. The summed E-state index contributed by atoms with van der Waals surface area (Å²) >= 11 is 0. The van der Waals surface area contributed by atoms with E-state index in [1.54, 1.807) is 0 Å². The first-order valence-corrected chi connectivity index (χ1v) is 10.7. The van der Waals surface area contributed by atoms with Crippen molar-refractivity contribution in [2.24, 2.45) is 4.66 Å². The van der Waals surface area contributed by atoms with Gasteiger partial charge in [0.15, 0.2) is 14.2 Å². The number of piperidine rings is 1. The zero-order valence-electron chi connectivity index (χ0n) is 12.3. The first-order valence-electron chi connectivity index (χ1n) is 7.21. The second kappa shape index (κ2) is 6.24. The molecule has 0 saturated carbocycles. The molecular formula is C15H25N3Si. The van der Waals surface area contributed by atoms with Crippen molar-refractivity contribution in [3.8, 4) is 0 Å². The molecule has 1 heterocycles. The van der Waals surface area contributed by atoms with Crippen LogP contribution in [0.2, 0.25) is 19.6 Å². The summed E-state index contributed by atoms with van der Waals surface area (Å²) in [5.74, 6) is 1.07. The van der Waals surface area contributed by atoms with E-state index in [1.165, 1.54) is 19.3 Å². The molecule has 0 bridgehead atoms. The van der Waals surface area contributed by atoms with Crippen molar-refractivity contribution in [1.82, 2.24) is 4.90 Å². The predicted molar refractivity (Wildman–Crippen MR) is 86.3 cm³/mol. The van der Waals surface area contributed by atoms with Crippen LogP contribution in [-0.2, 0) is 0 Å². The van der Waals surface area contributed by atoms with Crippen molar-refractivity contribution in [1.29, 1.82) is 0 Å². The zero-order valence-corrected chi connectivity index (χ0v) is 13.3. The molecule has 3 nitrogen and oxygen atoms in total. The van der Waals surface area contributed by atoms with Crippen molar-refractivity contribution >= 4 is 19.9 Å². The van der Waals surface area contributed by atoms with Gasteiger partial charge >= 0.3 is 0 Å². The molecule has 2 rings (SSSR count). The third kappa shape index (κ3) is 4.71. The van der Waals surface area contributed by atoms with Crippen molar-refractivity contribution in [2.75, 3.05) is 18.4 Å². The average Bonchev–Trinajstić information content (AvgIpc) is 2.39. The minimum absolute atomic E-state index is 1.07. The van der Waals surface area contributed by atoms with E-state index in [0.29, 0.717) is 0 Å². The van der Waals surface area contributed by atoms with E-state index in [0.717, 1.165) is 24.7 Å². The second-order valence-electron chi connectivity index (χ2n) is 6.14. The third-order valence-corrected chi connectivity index (χ3v) is 4.01. The topological polar surface area (TPSA) is 27.6 Å². The molecule has 104 valence electrons. The van der Waals surface area contributed by atoms with E-state index in [9.17, 15) is 0 Å². The fraction of sp³-hybridized carbons (Fsp3) is 0.533. The number of anilines is 1. The summed E-state index contributed by atoms with van der Waals surface area (Å²) in [6.45, 7) is 9.10. The van der Waals surface area contributed by atoms with Gasteiger partial charge in [-0.05, 0) is 51.0 Å². The summed E-state index contributed by atoms with van der Waals surface area (Å²) in [5.41, 5.74) is 1.13. The highest BCUT2D eigenvalue weighted by molar-refractivity contribution is 6.75. The Balaban J connectivity index is 2.17. The maximum Gasteiger partial charge on any atom is 0.189 e. The molecule has 1 aromatic rings. The largest absolute Gasteiger partial charge is 0.343 e. The van der Waals surface area contributed by atoms with Crippen LogP contribution in [0.15, 0.2) is 35.0 Å². The summed E-state index contributed by atoms with van der Waals surface area (Å²) in [5, 5.41) is 3.52. The Morgan fingerprint density at radius 3 is 2.26 bits per heavy atom. The lowest BCUT2D eigenvalue weighted by atomic mass is 10.1. The van der Waals surface area contributed by atoms with E-state index in [2.05, 4.69) is 54.1 Å². The van der Waals surface area contributed by atoms with Gasteiger partial charge < -0.3 is 10.2 Å². The number of para-hydroxylation sites is 1. The van der Waals surface area contributed by atoms with Crippen molar-refractivity contribution in [3.05, 3.63) is 30.3 Å². The van der Waals surface area contributed by atoms with E-state index in [4.69, 9.17) is 4.66 Å². The Labute approximate surface area is 117 Å². The van der Waals surface area contributed by atoms with Gasteiger partial charge in [0.05, 0.1) is 0 Å². The van der Waals surface area contributed by atoms with Crippen molar-refractivity contribution in [3.63, 3.8) is 0 Å². The van der Waals surface area contributed by atoms with Gasteiger partial charge in [-0.2, -0.15) is 0 Å². The van der Waals surface area contributed by atoms with Crippen LogP contribution < -0.4 is 5.32 Å². The number of nitrogens with one attached hydrogen (secondary N) is 1. The number of hydrogen-bond donors (Lipinski definition) is 1. The quantitative estimate of drug-likeness (QED) is 0.505. The van der Waals surface area contributed by atoms with Gasteiger partial charge in [-0.25, -0.2) is 0 Å². The van der Waals surface area contributed by atoms with Gasteiger partial charge in [-0.15, -0.1) is 0 Å². The van der Waals surface area contributed by atoms with Gasteiger partial charge in [0.25, 0.3) is 0 Å². The van der Waals surface area contributed by atoms with Gasteiger partial charge in [-0.3, -0.25) is 4.66 Å². The maximum absolute atomic E-state index is 5.00. The molecule has 1 saturated heterocycles. The maximum atomic E-state index is 5.00. The monoisotopic (exact) mass is 275 g/mol. The molecule has 1 aromatic carbocycles. The average molecular weight is 275 g/mol. The molecule has 0 atom stereocenters. The molecule has 0 radical (unpaired) electrons. The van der Waals surface area contributed by atoms with Crippen LogP contribution in [0.4, 0.5) is 5.69 Å². The molecule has 4 heteroatoms. The number of likely N-dealkylation sites (tertiary alicyclic amines) is 1. The number of benzene rings is 1. The van der Waals surface area contributed by atoms with Gasteiger partial charge in [0.2, 0.25) is 0 Å². The molecule has 1 aliphatic heterocycles. The lowest BCUT2D eigenvalue weighted by Gasteiger charge is -2.31. The minimum Gasteiger partial charge on any atom is -0.343 e. The number of hydrogen-bond acceptors (Lipinski definition) is 1. The smallest absolute Gasteiger partial charge is 0.189 e. The lowest BCUT2D eigenvalue weighted by molar-refractivity contribution is 0.342. The Morgan fingerprint density at radius 2 is 1.68 bits per heavy atom. The summed E-state index contributed by atoms with van der Waals surface area (Å²) in [6.07, 6.45) is 3.91. The summed E-state index contributed by atoms with van der Waals surface area (Å²) in [4.78, 5) is 2.41. The Morgan fingerprint density at radius 1 is 1.05 bits per heavy atom. The van der Waals surface area contributed by atoms with Crippen LogP contribution in [0.5, 0.6) is 0 Å². The summed E-state index contributed by atoms with van der Waals surface area (Å²) in [7, 11) is -1.47. The van der Waals surface area contributed by atoms with Gasteiger partial charge in [-0.1, -0.05) is 18.2 Å². The van der Waals surface area contributed by atoms with Crippen LogP contribution in [0.1, 0.15) is 19.3 Å². The van der Waals surface area contributed by atoms with Gasteiger partial charge in [0.1, 0.15) is 0 Å². The number of guanidine groups is 1. The van der Waals surface area contributed by atoms with Crippen LogP contribution in [0.3, 0.4) is 0 Å². The molecule has 0 aliphatic carbocycles. The fourth-order valence-corrected chi connectivity index (χ4v) is 3.08. The minimum atomic E-state index is -1.47. The highest BCUT2D eigenvalue weighted by Crippen LogP contribution is 2.14. The second-order valence-corrected chi connectivity index (χ2v) is 10.7. The first-order chi connectivity index (χ1) is 9.04. The SMILES string of the molecule is C[Si](C)(C)/N=C(/Nc1ccccc1)N1CCCCC1. The molecular weight excluding hydrogens is 250 g/mol. The molecule has 1 aliphatic rings. The molecule has 1 fully saturated rings. The van der Waals surface area contributed by atoms with E-state index in [1.807, 2.05) is 6.07 Å². The number of nitrogens with zero attached hydrogens (tertiary/aromatic N) is 2. The normalized spacial score (nSPS) is 17.4. The third-order valence-electron chi connectivity index (χ3n) is 3.13. The van der Waals surface area contributed by atoms with Crippen LogP contribution in [0.25, 0.3) is 0 Å². The highest BCUT2D eigenvalue weighted by Gasteiger charge is 2.19. The van der Waals surface area contributed by atoms with Crippen LogP contribution in [0, 0.1) is 0 Å². The lowest BCUT2D eigenvalue weighted by Crippen LogP contribution is -2.42. The molecule has 0 aromatic heterocycles. The number of rotatable bonds is 2. The van der Waals surface area contributed by atoms with Crippen LogP contribution >= 0.6 is 0 Å². The first kappa shape index (κ1) is 14.1. The molecule has 0 amide bonds. The fourth-order valence-electron chi connectivity index (χ4n) is 2.25. The predicted octanol–water partition coefficient (Wildman–Crippen LogP) is 3.78. The van der Waals surface area contributed by atoms with Gasteiger partial charge in [0, 0.05) is 18.8 Å². The van der Waals surface area contributed by atoms with E-state index >= 15 is 0 Å². The standard InChI is InChI=1S/C15H25N3Si/c1-19(2,3)17-15(18-12-8-5-9-13-18)16-14-10-6-4-7-11-14/h4,6-7,10-11H,5,8-9,12-13H2,1-3H3,(H,16,17).